The molecular formula is C7H11FN2. The smallest absolute Gasteiger partial charge is 0.176 e. The number of nitrogens with zero attached hydrogens (tertiary/aromatic N) is 2. The molecule has 1 atom stereocenters. The van der Waals surface area contributed by atoms with Crippen molar-refractivity contribution in [1.29, 1.82) is 0 Å². The highest BCUT2D eigenvalue weighted by atomic mass is 19.1. The summed E-state index contributed by atoms with van der Waals surface area (Å²) in [5.74, 6) is 0. The highest BCUT2D eigenvalue weighted by Gasteiger charge is 2.04. The van der Waals surface area contributed by atoms with E-state index in [-0.39, 0.29) is 0 Å². The maximum Gasteiger partial charge on any atom is 0.176 e. The summed E-state index contributed by atoms with van der Waals surface area (Å²) in [6, 6.07) is 0. The molecule has 1 aromatic heterocycles. The first-order chi connectivity index (χ1) is 4.84. The van der Waals surface area contributed by atoms with Crippen LogP contribution in [0.3, 0.4) is 0 Å². The van der Waals surface area contributed by atoms with Crippen molar-refractivity contribution in [1.82, 2.24) is 9.55 Å². The van der Waals surface area contributed by atoms with E-state index in [1.807, 2.05) is 6.92 Å². The summed E-state index contributed by atoms with van der Waals surface area (Å²) in [7, 11) is 0. The highest BCUT2D eigenvalue weighted by molar-refractivity contribution is 4.76. The average molecular weight is 142 g/mol. The van der Waals surface area contributed by atoms with E-state index in [2.05, 4.69) is 4.98 Å². The number of aromatic nitrogens is 2. The van der Waals surface area contributed by atoms with E-state index in [1.165, 1.54) is 10.9 Å². The molecule has 0 fully saturated rings. The van der Waals surface area contributed by atoms with Crippen molar-refractivity contribution in [3.8, 4) is 0 Å². The molecule has 0 spiro atoms. The molecule has 56 valence electrons. The average Bonchev–Trinajstić information content (AvgIpc) is 2.38. The zero-order valence-electron chi connectivity index (χ0n) is 6.00. The van der Waals surface area contributed by atoms with Crippen LogP contribution in [0.4, 0.5) is 4.39 Å². The van der Waals surface area contributed by atoms with Crippen molar-refractivity contribution in [2.75, 3.05) is 0 Å². The maximum atomic E-state index is 12.9. The largest absolute Gasteiger partial charge is 0.307 e. The second-order valence-corrected chi connectivity index (χ2v) is 2.23. The standard InChI is InChI=1S/C7H11FN2/c1-2-3-7(8)10-5-4-9-6-10/h4-7H,2-3H2,1H3. The molecule has 2 nitrogen and oxygen atoms in total. The Labute approximate surface area is 59.7 Å². The Balaban J connectivity index is 2.50. The molecule has 0 amide bonds. The first-order valence-electron chi connectivity index (χ1n) is 3.46. The number of hydrogen-bond donors (Lipinski definition) is 0. The van der Waals surface area contributed by atoms with Crippen molar-refractivity contribution in [3.63, 3.8) is 0 Å². The summed E-state index contributed by atoms with van der Waals surface area (Å²) in [4.78, 5) is 3.75. The summed E-state index contributed by atoms with van der Waals surface area (Å²) >= 11 is 0. The monoisotopic (exact) mass is 142 g/mol. The van der Waals surface area contributed by atoms with E-state index >= 15 is 0 Å². The number of alkyl halides is 1. The lowest BCUT2D eigenvalue weighted by atomic mass is 10.3. The Hall–Kier alpha value is -0.860. The van der Waals surface area contributed by atoms with E-state index in [4.69, 9.17) is 0 Å². The molecule has 0 bridgehead atoms. The van der Waals surface area contributed by atoms with Gasteiger partial charge >= 0.3 is 0 Å². The van der Waals surface area contributed by atoms with Crippen LogP contribution in [0.5, 0.6) is 0 Å². The van der Waals surface area contributed by atoms with Crippen molar-refractivity contribution in [3.05, 3.63) is 18.7 Å². The minimum atomic E-state index is -0.896. The minimum Gasteiger partial charge on any atom is -0.307 e. The molecule has 0 N–H and O–H groups in total. The second-order valence-electron chi connectivity index (χ2n) is 2.23. The Morgan fingerprint density at radius 3 is 3.00 bits per heavy atom. The van der Waals surface area contributed by atoms with Gasteiger partial charge in [-0.1, -0.05) is 13.3 Å². The number of rotatable bonds is 3. The van der Waals surface area contributed by atoms with Gasteiger partial charge in [-0.2, -0.15) is 0 Å². The molecule has 1 unspecified atom stereocenters. The first-order valence-corrected chi connectivity index (χ1v) is 3.46. The topological polar surface area (TPSA) is 17.8 Å². The Bertz CT molecular complexity index is 172. The van der Waals surface area contributed by atoms with Crippen LogP contribution in [-0.4, -0.2) is 9.55 Å². The number of hydrogen-bond acceptors (Lipinski definition) is 1. The number of halogens is 1. The molecule has 10 heavy (non-hydrogen) atoms. The summed E-state index contributed by atoms with van der Waals surface area (Å²) < 4.78 is 14.4. The van der Waals surface area contributed by atoms with E-state index in [1.54, 1.807) is 12.4 Å². The zero-order valence-corrected chi connectivity index (χ0v) is 6.00. The van der Waals surface area contributed by atoms with E-state index < -0.39 is 6.30 Å². The van der Waals surface area contributed by atoms with Gasteiger partial charge in [0.2, 0.25) is 0 Å². The third-order valence-corrected chi connectivity index (χ3v) is 1.38. The normalized spacial score (nSPS) is 13.4. The van der Waals surface area contributed by atoms with E-state index in [0.29, 0.717) is 6.42 Å². The lowest BCUT2D eigenvalue weighted by Gasteiger charge is -2.05. The quantitative estimate of drug-likeness (QED) is 0.632. The Morgan fingerprint density at radius 2 is 2.50 bits per heavy atom. The molecule has 0 radical (unpaired) electrons. The molecule has 1 rings (SSSR count). The van der Waals surface area contributed by atoms with Crippen molar-refractivity contribution in [2.45, 2.75) is 26.1 Å². The Kier molecular flexibility index (Phi) is 2.42. The predicted molar refractivity (Wildman–Crippen MR) is 37.3 cm³/mol. The molecule has 0 saturated carbocycles. The van der Waals surface area contributed by atoms with Gasteiger partial charge in [0.1, 0.15) is 0 Å². The van der Waals surface area contributed by atoms with Crippen LogP contribution in [0.2, 0.25) is 0 Å². The molecule has 0 saturated heterocycles. The fraction of sp³-hybridized carbons (Fsp3) is 0.571. The van der Waals surface area contributed by atoms with Gasteiger partial charge in [-0.15, -0.1) is 0 Å². The molecule has 0 aliphatic rings. The fourth-order valence-electron chi connectivity index (χ4n) is 0.822. The first kappa shape index (κ1) is 7.25. The van der Waals surface area contributed by atoms with Crippen LogP contribution in [0.1, 0.15) is 26.1 Å². The van der Waals surface area contributed by atoms with Gasteiger partial charge in [0, 0.05) is 12.4 Å². The van der Waals surface area contributed by atoms with Gasteiger partial charge in [-0.05, 0) is 6.42 Å². The number of imidazole rings is 1. The SMILES string of the molecule is CCCC(F)n1ccnc1. The van der Waals surface area contributed by atoms with Crippen LogP contribution in [0.25, 0.3) is 0 Å². The molecule has 0 aliphatic carbocycles. The minimum absolute atomic E-state index is 0.566. The molecular weight excluding hydrogens is 131 g/mol. The summed E-state index contributed by atoms with van der Waals surface area (Å²) in [6.45, 7) is 1.96. The van der Waals surface area contributed by atoms with E-state index in [0.717, 1.165) is 6.42 Å². The van der Waals surface area contributed by atoms with E-state index in [9.17, 15) is 4.39 Å². The zero-order chi connectivity index (χ0) is 7.40. The second kappa shape index (κ2) is 3.34. The van der Waals surface area contributed by atoms with Gasteiger partial charge in [0.25, 0.3) is 0 Å². The summed E-state index contributed by atoms with van der Waals surface area (Å²) in [5.41, 5.74) is 0. The predicted octanol–water partition coefficient (Wildman–Crippen LogP) is 2.15. The molecule has 1 aromatic rings. The lowest BCUT2D eigenvalue weighted by Crippen LogP contribution is -1.99. The summed E-state index contributed by atoms with van der Waals surface area (Å²) in [5, 5.41) is 0. The van der Waals surface area contributed by atoms with Crippen LogP contribution in [0, 0.1) is 0 Å². The van der Waals surface area contributed by atoms with Gasteiger partial charge in [0.05, 0.1) is 6.33 Å². The Morgan fingerprint density at radius 1 is 1.70 bits per heavy atom. The van der Waals surface area contributed by atoms with Gasteiger partial charge in [0.15, 0.2) is 6.30 Å². The van der Waals surface area contributed by atoms with Gasteiger partial charge in [-0.25, -0.2) is 9.37 Å². The third kappa shape index (κ3) is 1.56. The molecule has 0 aromatic carbocycles. The third-order valence-electron chi connectivity index (χ3n) is 1.38. The van der Waals surface area contributed by atoms with Crippen molar-refractivity contribution >= 4 is 0 Å². The van der Waals surface area contributed by atoms with Crippen LogP contribution < -0.4 is 0 Å². The molecule has 3 heteroatoms. The van der Waals surface area contributed by atoms with Crippen LogP contribution >= 0.6 is 0 Å². The summed E-state index contributed by atoms with van der Waals surface area (Å²) in [6.07, 6.45) is 5.26. The lowest BCUT2D eigenvalue weighted by molar-refractivity contribution is 0.223. The molecule has 0 aliphatic heterocycles. The highest BCUT2D eigenvalue weighted by Crippen LogP contribution is 2.13. The molecule has 1 heterocycles. The van der Waals surface area contributed by atoms with Gasteiger partial charge in [-0.3, -0.25) is 0 Å². The maximum absolute atomic E-state index is 12.9. The van der Waals surface area contributed by atoms with Crippen LogP contribution in [-0.2, 0) is 0 Å². The van der Waals surface area contributed by atoms with Crippen molar-refractivity contribution in [2.24, 2.45) is 0 Å². The van der Waals surface area contributed by atoms with Crippen LogP contribution in [0.15, 0.2) is 18.7 Å². The van der Waals surface area contributed by atoms with Gasteiger partial charge < -0.3 is 4.57 Å². The fourth-order valence-corrected chi connectivity index (χ4v) is 0.822. The van der Waals surface area contributed by atoms with Crippen molar-refractivity contribution < 1.29 is 4.39 Å².